The molecule has 0 saturated heterocycles. The molecule has 8 nitrogen and oxygen atoms in total. The van der Waals surface area contributed by atoms with Gasteiger partial charge in [-0.3, -0.25) is 14.5 Å². The number of carbonyl (C=O) groups excluding carboxylic acids is 1. The molecule has 0 aliphatic rings. The third kappa shape index (κ3) is 5.21. The molecule has 8 heteroatoms. The van der Waals surface area contributed by atoms with Crippen molar-refractivity contribution in [2.24, 2.45) is 0 Å². The van der Waals surface area contributed by atoms with E-state index in [1.54, 1.807) is 12.1 Å². The van der Waals surface area contributed by atoms with Crippen LogP contribution in [0, 0.1) is 13.8 Å². The highest BCUT2D eigenvalue weighted by Crippen LogP contribution is 2.29. The normalized spacial score (nSPS) is 11.0. The number of anilines is 1. The van der Waals surface area contributed by atoms with E-state index >= 15 is 0 Å². The molecule has 0 spiro atoms. The summed E-state index contributed by atoms with van der Waals surface area (Å²) >= 11 is 0. The van der Waals surface area contributed by atoms with Crippen LogP contribution in [-0.4, -0.2) is 48.1 Å². The number of carbonyl (C=O) groups is 1. The van der Waals surface area contributed by atoms with Crippen LogP contribution in [0.4, 0.5) is 5.69 Å². The topological polar surface area (TPSA) is 96.6 Å². The van der Waals surface area contributed by atoms with Crippen LogP contribution < -0.4 is 20.3 Å². The number of likely N-dealkylation sites (N-methyl/N-ethyl adjacent to an activating group) is 1. The molecule has 0 aliphatic heterocycles. The van der Waals surface area contributed by atoms with Crippen LogP contribution >= 0.6 is 0 Å². The molecule has 0 atom stereocenters. The summed E-state index contributed by atoms with van der Waals surface area (Å²) in [6.07, 6.45) is 0. The van der Waals surface area contributed by atoms with Crippen molar-refractivity contribution in [3.05, 3.63) is 57.6 Å². The average Bonchev–Trinajstić information content (AvgIpc) is 2.75. The van der Waals surface area contributed by atoms with Gasteiger partial charge in [0.05, 0.1) is 38.2 Å². The number of amides is 1. The number of aryl methyl sites for hydroxylation is 2. The zero-order valence-electron chi connectivity index (χ0n) is 18.5. The van der Waals surface area contributed by atoms with E-state index in [1.807, 2.05) is 43.9 Å². The number of hydrogen-bond acceptors (Lipinski definition) is 6. The maximum atomic E-state index is 12.6. The number of methoxy groups -OCH3 is 2. The lowest BCUT2D eigenvalue weighted by Crippen LogP contribution is -2.33. The van der Waals surface area contributed by atoms with Gasteiger partial charge in [-0.05, 0) is 49.7 Å². The Bertz CT molecular complexity index is 1160. The van der Waals surface area contributed by atoms with Crippen LogP contribution in [0.15, 0.2) is 35.1 Å². The lowest BCUT2D eigenvalue weighted by molar-refractivity contribution is -0.117. The first-order chi connectivity index (χ1) is 14.8. The van der Waals surface area contributed by atoms with Crippen molar-refractivity contribution in [1.82, 2.24) is 14.9 Å². The molecular weight excluding hydrogens is 396 g/mol. The average molecular weight is 425 g/mol. The Hall–Kier alpha value is -3.39. The molecule has 3 aromatic rings. The van der Waals surface area contributed by atoms with E-state index in [0.29, 0.717) is 41.3 Å². The van der Waals surface area contributed by atoms with Gasteiger partial charge in [-0.1, -0.05) is 13.0 Å². The Morgan fingerprint density at radius 1 is 1.10 bits per heavy atom. The Labute approximate surface area is 181 Å². The molecule has 0 aliphatic carbocycles. The molecule has 0 radical (unpaired) electrons. The molecule has 1 heterocycles. The van der Waals surface area contributed by atoms with Crippen LogP contribution in [0.3, 0.4) is 0 Å². The summed E-state index contributed by atoms with van der Waals surface area (Å²) in [5, 5.41) is 3.34. The number of hydrogen-bond donors (Lipinski definition) is 2. The number of aromatic amines is 1. The number of fused-ring (bicyclic) bond motifs is 1. The summed E-state index contributed by atoms with van der Waals surface area (Å²) < 4.78 is 10.6. The maximum Gasteiger partial charge on any atom is 0.258 e. The summed E-state index contributed by atoms with van der Waals surface area (Å²) in [6, 6.07) is 9.11. The molecule has 164 valence electrons. The van der Waals surface area contributed by atoms with Crippen LogP contribution in [-0.2, 0) is 11.3 Å². The maximum absolute atomic E-state index is 12.6. The highest BCUT2D eigenvalue weighted by molar-refractivity contribution is 5.92. The fourth-order valence-corrected chi connectivity index (χ4v) is 3.30. The van der Waals surface area contributed by atoms with Crippen LogP contribution in [0.2, 0.25) is 0 Å². The van der Waals surface area contributed by atoms with Gasteiger partial charge in [-0.2, -0.15) is 0 Å². The van der Waals surface area contributed by atoms with E-state index in [2.05, 4.69) is 15.3 Å². The first-order valence-corrected chi connectivity index (χ1v) is 10.1. The van der Waals surface area contributed by atoms with Crippen molar-refractivity contribution in [1.29, 1.82) is 0 Å². The van der Waals surface area contributed by atoms with Crippen molar-refractivity contribution < 1.29 is 14.3 Å². The largest absolute Gasteiger partial charge is 0.493 e. The first-order valence-electron chi connectivity index (χ1n) is 10.1. The fraction of sp³-hybridized carbons (Fsp3) is 0.348. The highest BCUT2D eigenvalue weighted by Gasteiger charge is 2.15. The number of benzene rings is 2. The van der Waals surface area contributed by atoms with Crippen molar-refractivity contribution in [2.75, 3.05) is 32.6 Å². The van der Waals surface area contributed by atoms with Crippen LogP contribution in [0.5, 0.6) is 11.5 Å². The van der Waals surface area contributed by atoms with Crippen molar-refractivity contribution >= 4 is 22.5 Å². The van der Waals surface area contributed by atoms with Crippen molar-refractivity contribution in [3.8, 4) is 11.5 Å². The molecule has 1 amide bonds. The molecule has 0 unspecified atom stereocenters. The molecule has 31 heavy (non-hydrogen) atoms. The molecule has 2 aromatic carbocycles. The Balaban J connectivity index is 1.76. The molecule has 0 saturated carbocycles. The van der Waals surface area contributed by atoms with Gasteiger partial charge >= 0.3 is 0 Å². The second-order valence-corrected chi connectivity index (χ2v) is 7.39. The summed E-state index contributed by atoms with van der Waals surface area (Å²) in [7, 11) is 3.05. The molecular formula is C23H28N4O4. The highest BCUT2D eigenvalue weighted by atomic mass is 16.5. The minimum Gasteiger partial charge on any atom is -0.493 e. The van der Waals surface area contributed by atoms with E-state index in [0.717, 1.165) is 11.3 Å². The van der Waals surface area contributed by atoms with Gasteiger partial charge in [0.25, 0.3) is 5.56 Å². The number of rotatable bonds is 8. The number of aromatic nitrogens is 2. The predicted octanol–water partition coefficient (Wildman–Crippen LogP) is 3.02. The van der Waals surface area contributed by atoms with Crippen molar-refractivity contribution in [3.63, 3.8) is 0 Å². The number of ether oxygens (including phenoxy) is 2. The Morgan fingerprint density at radius 2 is 1.81 bits per heavy atom. The zero-order valence-corrected chi connectivity index (χ0v) is 18.5. The lowest BCUT2D eigenvalue weighted by Gasteiger charge is -2.19. The minimum absolute atomic E-state index is 0.125. The van der Waals surface area contributed by atoms with Crippen LogP contribution in [0.1, 0.15) is 23.9 Å². The van der Waals surface area contributed by atoms with Gasteiger partial charge in [0, 0.05) is 11.8 Å². The SMILES string of the molecule is CCN(CC(=O)Nc1ccc(C)c(C)c1)Cc1nc2cc(OC)c(OC)cc2c(=O)[nH]1. The summed E-state index contributed by atoms with van der Waals surface area (Å²) in [6.45, 7) is 7.12. The quantitative estimate of drug-likeness (QED) is 0.577. The van der Waals surface area contributed by atoms with Gasteiger partial charge in [0.2, 0.25) is 5.91 Å². The van der Waals surface area contributed by atoms with E-state index < -0.39 is 0 Å². The second kappa shape index (κ2) is 9.61. The van der Waals surface area contributed by atoms with Gasteiger partial charge in [0.1, 0.15) is 5.82 Å². The fourth-order valence-electron chi connectivity index (χ4n) is 3.30. The molecule has 2 N–H and O–H groups in total. The smallest absolute Gasteiger partial charge is 0.258 e. The number of H-pyrrole nitrogens is 1. The minimum atomic E-state index is -0.267. The molecule has 0 fully saturated rings. The summed E-state index contributed by atoms with van der Waals surface area (Å²) in [5.41, 5.74) is 3.30. The third-order valence-electron chi connectivity index (χ3n) is 5.24. The van der Waals surface area contributed by atoms with E-state index in [9.17, 15) is 9.59 Å². The monoisotopic (exact) mass is 424 g/mol. The van der Waals surface area contributed by atoms with Gasteiger partial charge in [-0.15, -0.1) is 0 Å². The second-order valence-electron chi connectivity index (χ2n) is 7.39. The summed E-state index contributed by atoms with van der Waals surface area (Å²) in [5.74, 6) is 1.32. The van der Waals surface area contributed by atoms with Crippen LogP contribution in [0.25, 0.3) is 10.9 Å². The third-order valence-corrected chi connectivity index (χ3v) is 5.24. The van der Waals surface area contributed by atoms with E-state index in [-0.39, 0.29) is 18.0 Å². The number of nitrogens with one attached hydrogen (secondary N) is 2. The van der Waals surface area contributed by atoms with E-state index in [1.165, 1.54) is 19.8 Å². The Morgan fingerprint density at radius 3 is 2.45 bits per heavy atom. The standard InChI is InChI=1S/C23H28N4O4/c1-6-27(13-22(28)24-16-8-7-14(2)15(3)9-16)12-21-25-18-11-20(31-5)19(30-4)10-17(18)23(29)26-21/h7-11H,6,12-13H2,1-5H3,(H,24,28)(H,25,26,29). The number of nitrogens with zero attached hydrogens (tertiary/aromatic N) is 2. The molecule has 0 bridgehead atoms. The van der Waals surface area contributed by atoms with E-state index in [4.69, 9.17) is 9.47 Å². The summed E-state index contributed by atoms with van der Waals surface area (Å²) in [4.78, 5) is 34.4. The zero-order chi connectivity index (χ0) is 22.5. The first kappa shape index (κ1) is 22.3. The molecule has 3 rings (SSSR count). The van der Waals surface area contributed by atoms with Gasteiger partial charge in [-0.25, -0.2) is 4.98 Å². The van der Waals surface area contributed by atoms with Gasteiger partial charge in [0.15, 0.2) is 11.5 Å². The Kier molecular flexibility index (Phi) is 6.91. The van der Waals surface area contributed by atoms with Crippen molar-refractivity contribution in [2.45, 2.75) is 27.3 Å². The molecule has 1 aromatic heterocycles. The lowest BCUT2D eigenvalue weighted by atomic mass is 10.1. The predicted molar refractivity (Wildman–Crippen MR) is 121 cm³/mol. The van der Waals surface area contributed by atoms with Gasteiger partial charge < -0.3 is 19.8 Å².